The summed E-state index contributed by atoms with van der Waals surface area (Å²) in [7, 11) is -4.02. The Bertz CT molecular complexity index is 1250. The summed E-state index contributed by atoms with van der Waals surface area (Å²) in [5.74, 6) is -0.497. The van der Waals surface area contributed by atoms with Gasteiger partial charge in [0.2, 0.25) is 21.8 Å². The number of piperazine rings is 1. The van der Waals surface area contributed by atoms with Crippen molar-refractivity contribution in [1.82, 2.24) is 19.8 Å². The van der Waals surface area contributed by atoms with Crippen LogP contribution in [0.2, 0.25) is 10.0 Å². The van der Waals surface area contributed by atoms with Crippen LogP contribution in [0.3, 0.4) is 0 Å². The number of hydrogen-bond acceptors (Lipinski definition) is 5. The van der Waals surface area contributed by atoms with Gasteiger partial charge in [0.1, 0.15) is 10.9 Å². The molecule has 13 heteroatoms. The molecule has 38 heavy (non-hydrogen) atoms. The molecule has 0 saturated carbocycles. The number of benzene rings is 2. The first-order valence-electron chi connectivity index (χ1n) is 12.1. The van der Waals surface area contributed by atoms with Crippen LogP contribution in [0, 0.1) is 5.92 Å². The van der Waals surface area contributed by atoms with Crippen molar-refractivity contribution >= 4 is 56.8 Å². The second kappa shape index (κ2) is 13.3. The molecule has 1 saturated heterocycles. The Balaban J connectivity index is 1.53. The minimum absolute atomic E-state index is 0.0495. The first-order chi connectivity index (χ1) is 18.0. The van der Waals surface area contributed by atoms with E-state index in [1.54, 1.807) is 29.2 Å². The molecule has 0 radical (unpaired) electrons. The van der Waals surface area contributed by atoms with Gasteiger partial charge in [-0.25, -0.2) is 17.9 Å². The molecular weight excluding hydrogens is 553 g/mol. The van der Waals surface area contributed by atoms with E-state index in [1.165, 1.54) is 23.1 Å². The third-order valence-corrected chi connectivity index (χ3v) is 8.00. The zero-order chi connectivity index (χ0) is 27.9. The summed E-state index contributed by atoms with van der Waals surface area (Å²) in [6.07, 6.45) is 0.454. The van der Waals surface area contributed by atoms with E-state index < -0.39 is 34.5 Å². The Morgan fingerprint density at radius 3 is 2.18 bits per heavy atom. The molecule has 3 N–H and O–H groups in total. The molecule has 2 aromatic carbocycles. The lowest BCUT2D eigenvalue weighted by Crippen LogP contribution is -2.57. The molecule has 3 rings (SSSR count). The van der Waals surface area contributed by atoms with Crippen molar-refractivity contribution in [2.24, 2.45) is 5.92 Å². The van der Waals surface area contributed by atoms with Crippen LogP contribution in [-0.4, -0.2) is 74.8 Å². The van der Waals surface area contributed by atoms with Crippen LogP contribution in [0.15, 0.2) is 53.4 Å². The second-order valence-corrected chi connectivity index (χ2v) is 11.8. The lowest BCUT2D eigenvalue weighted by atomic mass is 10.0. The number of rotatable bonds is 9. The molecule has 0 aromatic heterocycles. The minimum Gasteiger partial charge on any atom is -0.338 e. The topological polar surface area (TPSA) is 128 Å². The molecule has 0 unspecified atom stereocenters. The number of carbonyl (C=O) groups excluding carboxylic acids is 3. The maximum atomic E-state index is 13.2. The smallest absolute Gasteiger partial charge is 0.319 e. The third kappa shape index (κ3) is 8.32. The lowest BCUT2D eigenvalue weighted by molar-refractivity contribution is -0.140. The van der Waals surface area contributed by atoms with E-state index in [0.717, 1.165) is 0 Å². The summed E-state index contributed by atoms with van der Waals surface area (Å²) in [6.45, 7) is 4.47. The SMILES string of the molecule is CC(C)C[C@H](NC(=O)Nc1ccccc1)C(=O)N1CCN(C(=O)CNS(=O)(=O)c2ccc(Cl)cc2Cl)CC1. The Labute approximate surface area is 232 Å². The maximum absolute atomic E-state index is 13.2. The van der Waals surface area contributed by atoms with E-state index in [-0.39, 0.29) is 47.9 Å². The van der Waals surface area contributed by atoms with Crippen LogP contribution in [-0.2, 0) is 19.6 Å². The molecule has 10 nitrogen and oxygen atoms in total. The van der Waals surface area contributed by atoms with E-state index in [1.807, 2.05) is 19.9 Å². The van der Waals surface area contributed by atoms with Gasteiger partial charge in [0.25, 0.3) is 0 Å². The molecule has 1 aliphatic rings. The van der Waals surface area contributed by atoms with Crippen LogP contribution in [0.4, 0.5) is 10.5 Å². The van der Waals surface area contributed by atoms with Crippen LogP contribution in [0.5, 0.6) is 0 Å². The Kier molecular flexibility index (Phi) is 10.4. The first kappa shape index (κ1) is 29.7. The van der Waals surface area contributed by atoms with Crippen LogP contribution in [0.1, 0.15) is 20.3 Å². The van der Waals surface area contributed by atoms with Crippen molar-refractivity contribution in [3.05, 3.63) is 58.6 Å². The van der Waals surface area contributed by atoms with Gasteiger partial charge in [0.15, 0.2) is 0 Å². The van der Waals surface area contributed by atoms with Gasteiger partial charge in [-0.1, -0.05) is 55.2 Å². The highest BCUT2D eigenvalue weighted by molar-refractivity contribution is 7.89. The molecule has 1 atom stereocenters. The summed E-state index contributed by atoms with van der Waals surface area (Å²) >= 11 is 11.8. The van der Waals surface area contributed by atoms with Crippen molar-refractivity contribution in [2.45, 2.75) is 31.2 Å². The lowest BCUT2D eigenvalue weighted by Gasteiger charge is -2.37. The molecule has 4 amide bonds. The van der Waals surface area contributed by atoms with Crippen LogP contribution < -0.4 is 15.4 Å². The normalized spacial score (nSPS) is 14.8. The summed E-state index contributed by atoms with van der Waals surface area (Å²) in [4.78, 5) is 41.3. The number of sulfonamides is 1. The Hall–Kier alpha value is -2.86. The highest BCUT2D eigenvalue weighted by Gasteiger charge is 2.31. The highest BCUT2D eigenvalue weighted by Crippen LogP contribution is 2.24. The molecule has 1 aliphatic heterocycles. The predicted octanol–water partition coefficient (Wildman–Crippen LogP) is 3.18. The van der Waals surface area contributed by atoms with Gasteiger partial charge < -0.3 is 20.4 Å². The Morgan fingerprint density at radius 2 is 1.58 bits per heavy atom. The van der Waals surface area contributed by atoms with Crippen molar-refractivity contribution in [3.8, 4) is 0 Å². The number of halogens is 2. The standard InChI is InChI=1S/C25H31Cl2N5O5S/c1-17(2)14-21(30-25(35)29-19-6-4-3-5-7-19)24(34)32-12-10-31(11-13-32)23(33)16-28-38(36,37)22-9-8-18(26)15-20(22)27/h3-9,15,17,21,28H,10-14,16H2,1-2H3,(H2,29,30,35)/t21-/m0/s1. The molecule has 2 aromatic rings. The maximum Gasteiger partial charge on any atom is 0.319 e. The summed E-state index contributed by atoms with van der Waals surface area (Å²) < 4.78 is 27.4. The van der Waals surface area contributed by atoms with Gasteiger partial charge in [-0.15, -0.1) is 0 Å². The summed E-state index contributed by atoms with van der Waals surface area (Å²) in [6, 6.07) is 11.7. The summed E-state index contributed by atoms with van der Waals surface area (Å²) in [5, 5.41) is 5.74. The first-order valence-corrected chi connectivity index (χ1v) is 14.3. The van der Waals surface area contributed by atoms with E-state index in [2.05, 4.69) is 15.4 Å². The van der Waals surface area contributed by atoms with Gasteiger partial charge >= 0.3 is 6.03 Å². The molecule has 0 bridgehead atoms. The number of urea groups is 1. The third-order valence-electron chi connectivity index (χ3n) is 5.88. The number of anilines is 1. The number of nitrogens with zero attached hydrogens (tertiary/aromatic N) is 2. The van der Waals surface area contributed by atoms with E-state index >= 15 is 0 Å². The second-order valence-electron chi connectivity index (χ2n) is 9.25. The van der Waals surface area contributed by atoms with Crippen molar-refractivity contribution in [1.29, 1.82) is 0 Å². The zero-order valence-electron chi connectivity index (χ0n) is 21.1. The fourth-order valence-electron chi connectivity index (χ4n) is 3.98. The zero-order valence-corrected chi connectivity index (χ0v) is 23.4. The largest absolute Gasteiger partial charge is 0.338 e. The average Bonchev–Trinajstić information content (AvgIpc) is 2.86. The van der Waals surface area contributed by atoms with Crippen molar-refractivity contribution < 1.29 is 22.8 Å². The monoisotopic (exact) mass is 583 g/mol. The van der Waals surface area contributed by atoms with Crippen LogP contribution in [0.25, 0.3) is 0 Å². The molecule has 0 aliphatic carbocycles. The van der Waals surface area contributed by atoms with Gasteiger partial charge in [-0.2, -0.15) is 0 Å². The minimum atomic E-state index is -4.02. The molecule has 1 fully saturated rings. The van der Waals surface area contributed by atoms with E-state index in [0.29, 0.717) is 17.1 Å². The van der Waals surface area contributed by atoms with Gasteiger partial charge in [-0.3, -0.25) is 9.59 Å². The fraction of sp³-hybridized carbons (Fsp3) is 0.400. The van der Waals surface area contributed by atoms with Crippen LogP contribution >= 0.6 is 23.2 Å². The van der Waals surface area contributed by atoms with E-state index in [9.17, 15) is 22.8 Å². The van der Waals surface area contributed by atoms with Gasteiger partial charge in [0.05, 0.1) is 11.6 Å². The number of amides is 4. The fourth-order valence-corrected chi connectivity index (χ4v) is 5.72. The highest BCUT2D eigenvalue weighted by atomic mass is 35.5. The van der Waals surface area contributed by atoms with E-state index in [4.69, 9.17) is 23.2 Å². The number of nitrogens with one attached hydrogen (secondary N) is 3. The number of hydrogen-bond donors (Lipinski definition) is 3. The quantitative estimate of drug-likeness (QED) is 0.417. The number of carbonyl (C=O) groups is 3. The van der Waals surface area contributed by atoms with Gasteiger partial charge in [-0.05, 0) is 42.7 Å². The van der Waals surface area contributed by atoms with Crippen molar-refractivity contribution in [2.75, 3.05) is 38.0 Å². The molecule has 1 heterocycles. The molecular formula is C25H31Cl2N5O5S. The van der Waals surface area contributed by atoms with Gasteiger partial charge in [0, 0.05) is 36.9 Å². The van der Waals surface area contributed by atoms with Crippen molar-refractivity contribution in [3.63, 3.8) is 0 Å². The Morgan fingerprint density at radius 1 is 0.947 bits per heavy atom. The molecule has 0 spiro atoms. The summed E-state index contributed by atoms with van der Waals surface area (Å²) in [5.41, 5.74) is 0.613. The number of para-hydroxylation sites is 1. The molecule has 206 valence electrons. The predicted molar refractivity (Wildman–Crippen MR) is 147 cm³/mol. The average molecular weight is 585 g/mol.